The van der Waals surface area contributed by atoms with Crippen molar-refractivity contribution in [3.05, 3.63) is 9.15 Å². The number of allylic oxidation sites excluding steroid dienone is 1. The van der Waals surface area contributed by atoms with Crippen LogP contribution >= 0.6 is 22.6 Å². The third kappa shape index (κ3) is 7.69. The zero-order valence-corrected chi connectivity index (χ0v) is 18.2. The lowest BCUT2D eigenvalue weighted by Gasteiger charge is -2.36. The van der Waals surface area contributed by atoms with Gasteiger partial charge >= 0.3 is 0 Å². The molecule has 0 aliphatic carbocycles. The van der Waals surface area contributed by atoms with Crippen LogP contribution in [0.3, 0.4) is 0 Å². The summed E-state index contributed by atoms with van der Waals surface area (Å²) in [5, 5.41) is 0.253. The molecule has 110 valence electrons. The molecule has 0 spiro atoms. The molecule has 1 nitrogen and oxygen atoms in total. The zero-order valence-electron chi connectivity index (χ0n) is 14.0. The van der Waals surface area contributed by atoms with Crippen LogP contribution in [0.1, 0.15) is 27.7 Å². The van der Waals surface area contributed by atoms with Crippen LogP contribution in [0.15, 0.2) is 9.15 Å². The maximum atomic E-state index is 6.27. The van der Waals surface area contributed by atoms with Gasteiger partial charge in [-0.25, -0.2) is 0 Å². The first kappa shape index (κ1) is 19.4. The molecule has 4 heteroatoms. The van der Waals surface area contributed by atoms with Gasteiger partial charge in [0.05, 0.1) is 6.61 Å². The lowest BCUT2D eigenvalue weighted by molar-refractivity contribution is 0.322. The fourth-order valence-electron chi connectivity index (χ4n) is 0.954. The fraction of sp³-hybridized carbons (Fsp3) is 0.733. The van der Waals surface area contributed by atoms with E-state index in [2.05, 4.69) is 94.5 Å². The highest BCUT2D eigenvalue weighted by atomic mass is 127. The Bertz CT molecular complexity index is 397. The second kappa shape index (κ2) is 6.92. The molecule has 0 aromatic heterocycles. The third-order valence-corrected chi connectivity index (χ3v) is 9.39. The van der Waals surface area contributed by atoms with Crippen LogP contribution in [-0.2, 0) is 4.43 Å². The van der Waals surface area contributed by atoms with Gasteiger partial charge in [0.15, 0.2) is 8.32 Å². The van der Waals surface area contributed by atoms with Gasteiger partial charge in [-0.1, -0.05) is 46.3 Å². The lowest BCUT2D eigenvalue weighted by Crippen LogP contribution is -2.41. The van der Waals surface area contributed by atoms with Gasteiger partial charge in [-0.05, 0) is 47.6 Å². The molecule has 0 fully saturated rings. The summed E-state index contributed by atoms with van der Waals surface area (Å²) in [7, 11) is -3.00. The largest absolute Gasteiger partial charge is 0.412 e. The average Bonchev–Trinajstić information content (AvgIpc) is 2.12. The lowest BCUT2D eigenvalue weighted by atomic mass is 10.2. The van der Waals surface area contributed by atoms with Gasteiger partial charge in [0.25, 0.3) is 0 Å². The topological polar surface area (TPSA) is 9.23 Å². The van der Waals surface area contributed by atoms with E-state index < -0.39 is 16.4 Å². The van der Waals surface area contributed by atoms with Gasteiger partial charge < -0.3 is 4.43 Å². The first-order chi connectivity index (χ1) is 8.26. The standard InChI is InChI=1S/C15H29IOSi2/c1-13(16)14(10-11-18(5,6)7)12-17-19(8,9)15(2,3)4/h12H2,1-9H3/b14-13-. The van der Waals surface area contributed by atoms with Gasteiger partial charge in [-0.3, -0.25) is 0 Å². The van der Waals surface area contributed by atoms with Crippen molar-refractivity contribution in [3.63, 3.8) is 0 Å². The summed E-state index contributed by atoms with van der Waals surface area (Å²) in [5.74, 6) is 3.36. The monoisotopic (exact) mass is 408 g/mol. The molecule has 0 amide bonds. The van der Waals surface area contributed by atoms with Crippen molar-refractivity contribution in [2.24, 2.45) is 0 Å². The summed E-state index contributed by atoms with van der Waals surface area (Å²) < 4.78 is 7.52. The van der Waals surface area contributed by atoms with Gasteiger partial charge in [0, 0.05) is 9.15 Å². The Balaban J connectivity index is 4.94. The van der Waals surface area contributed by atoms with Crippen molar-refractivity contribution >= 4 is 39.0 Å². The molecule has 19 heavy (non-hydrogen) atoms. The molecule has 0 N–H and O–H groups in total. The van der Waals surface area contributed by atoms with E-state index in [0.717, 1.165) is 5.57 Å². The quantitative estimate of drug-likeness (QED) is 0.336. The van der Waals surface area contributed by atoms with E-state index >= 15 is 0 Å². The van der Waals surface area contributed by atoms with Crippen molar-refractivity contribution in [3.8, 4) is 11.5 Å². The SMILES string of the molecule is C/C(I)=C(\C#C[Si](C)(C)C)CO[Si](C)(C)C(C)(C)C. The summed E-state index contributed by atoms with van der Waals surface area (Å²) >= 11 is 2.36. The number of halogens is 1. The van der Waals surface area contributed by atoms with Crippen molar-refractivity contribution in [2.75, 3.05) is 6.61 Å². The van der Waals surface area contributed by atoms with Gasteiger partial charge in [0.2, 0.25) is 0 Å². The maximum Gasteiger partial charge on any atom is 0.192 e. The predicted molar refractivity (Wildman–Crippen MR) is 101 cm³/mol. The average molecular weight is 408 g/mol. The molecule has 0 aliphatic heterocycles. The highest BCUT2D eigenvalue weighted by Crippen LogP contribution is 2.36. The Morgan fingerprint density at radius 3 is 1.89 bits per heavy atom. The van der Waals surface area contributed by atoms with E-state index in [1.807, 2.05) is 0 Å². The second-order valence-electron chi connectivity index (χ2n) is 7.56. The molecular formula is C15H29IOSi2. The van der Waals surface area contributed by atoms with Crippen LogP contribution in [0, 0.1) is 11.5 Å². The Labute approximate surface area is 135 Å². The minimum Gasteiger partial charge on any atom is -0.412 e. The summed E-state index contributed by atoms with van der Waals surface area (Å²) in [4.78, 5) is 0. The predicted octanol–water partition coefficient (Wildman–Crippen LogP) is 5.60. The Morgan fingerprint density at radius 2 is 1.58 bits per heavy atom. The van der Waals surface area contributed by atoms with Crippen LogP contribution in [0.25, 0.3) is 0 Å². The highest BCUT2D eigenvalue weighted by Gasteiger charge is 2.37. The highest BCUT2D eigenvalue weighted by molar-refractivity contribution is 14.1. The van der Waals surface area contributed by atoms with Crippen LogP contribution in [0.5, 0.6) is 0 Å². The van der Waals surface area contributed by atoms with Crippen molar-refractivity contribution in [2.45, 2.75) is 65.5 Å². The van der Waals surface area contributed by atoms with Crippen molar-refractivity contribution in [1.82, 2.24) is 0 Å². The summed E-state index contributed by atoms with van der Waals surface area (Å²) in [6.45, 7) is 21.0. The van der Waals surface area contributed by atoms with Crippen LogP contribution in [0.2, 0.25) is 37.8 Å². The normalized spacial score (nSPS) is 14.6. The molecule has 0 bridgehead atoms. The Hall–Kier alpha value is 0.424. The smallest absolute Gasteiger partial charge is 0.192 e. The summed E-state index contributed by atoms with van der Waals surface area (Å²) in [5.41, 5.74) is 4.60. The minimum absolute atomic E-state index is 0.253. The van der Waals surface area contributed by atoms with Crippen molar-refractivity contribution < 1.29 is 4.43 Å². The molecule has 0 heterocycles. The van der Waals surface area contributed by atoms with Gasteiger partial charge in [0.1, 0.15) is 8.07 Å². The molecular weight excluding hydrogens is 379 g/mol. The van der Waals surface area contributed by atoms with E-state index in [9.17, 15) is 0 Å². The Kier molecular flexibility index (Phi) is 7.08. The molecule has 0 aromatic rings. The molecule has 0 aliphatic rings. The van der Waals surface area contributed by atoms with E-state index in [1.165, 1.54) is 3.58 Å². The van der Waals surface area contributed by atoms with Crippen LogP contribution < -0.4 is 0 Å². The van der Waals surface area contributed by atoms with Crippen LogP contribution in [0.4, 0.5) is 0 Å². The van der Waals surface area contributed by atoms with Gasteiger partial charge in [-0.15, -0.1) is 5.54 Å². The minimum atomic E-state index is -1.68. The first-order valence-electron chi connectivity index (χ1n) is 6.79. The maximum absolute atomic E-state index is 6.27. The molecule has 0 atom stereocenters. The molecule has 0 unspecified atom stereocenters. The van der Waals surface area contributed by atoms with Gasteiger partial charge in [-0.2, -0.15) is 0 Å². The zero-order chi connectivity index (χ0) is 15.5. The molecule has 0 radical (unpaired) electrons. The van der Waals surface area contributed by atoms with Crippen molar-refractivity contribution in [1.29, 1.82) is 0 Å². The van der Waals surface area contributed by atoms with E-state index in [1.54, 1.807) is 0 Å². The summed E-state index contributed by atoms with van der Waals surface area (Å²) in [6, 6.07) is 0. The third-order valence-electron chi connectivity index (χ3n) is 3.39. The van der Waals surface area contributed by atoms with E-state index in [4.69, 9.17) is 4.43 Å². The van der Waals surface area contributed by atoms with E-state index in [0.29, 0.717) is 6.61 Å². The number of hydrogen-bond donors (Lipinski definition) is 0. The first-order valence-corrected chi connectivity index (χ1v) is 14.3. The number of hydrogen-bond acceptors (Lipinski definition) is 1. The molecule has 0 rings (SSSR count). The van der Waals surface area contributed by atoms with E-state index in [-0.39, 0.29) is 5.04 Å². The van der Waals surface area contributed by atoms with Crippen LogP contribution in [-0.4, -0.2) is 23.0 Å². The fourth-order valence-corrected chi connectivity index (χ4v) is 2.71. The molecule has 0 saturated carbocycles. The second-order valence-corrected chi connectivity index (χ2v) is 18.7. The molecule has 0 saturated heterocycles. The Morgan fingerprint density at radius 1 is 1.11 bits per heavy atom. The summed E-state index contributed by atoms with van der Waals surface area (Å²) in [6.07, 6.45) is 0. The number of rotatable bonds is 3. The molecule has 0 aromatic carbocycles.